The minimum absolute atomic E-state index is 0.786. The number of aromatic nitrogens is 2. The van der Waals surface area contributed by atoms with Crippen LogP contribution in [0.3, 0.4) is 0 Å². The van der Waals surface area contributed by atoms with Gasteiger partial charge in [-0.25, -0.2) is 4.98 Å². The quantitative estimate of drug-likeness (QED) is 0.367. The largest absolute Gasteiger partial charge is 0.342 e. The Morgan fingerprint density at radius 1 is 1.00 bits per heavy atom. The van der Waals surface area contributed by atoms with Crippen LogP contribution >= 0.6 is 11.6 Å². The molecule has 0 aliphatic carbocycles. The van der Waals surface area contributed by atoms with Crippen molar-refractivity contribution in [2.45, 2.75) is 33.2 Å². The first-order valence-electron chi connectivity index (χ1n) is 10.2. The second-order valence-corrected chi connectivity index (χ2v) is 7.86. The number of fused-ring (bicyclic) bond motifs is 1. The summed E-state index contributed by atoms with van der Waals surface area (Å²) in [6.45, 7) is 5.92. The number of nitrogens with zero attached hydrogens (tertiary/aromatic N) is 1. The third-order valence-electron chi connectivity index (χ3n) is 5.28. The summed E-state index contributed by atoms with van der Waals surface area (Å²) in [6, 6.07) is 21.1. The van der Waals surface area contributed by atoms with E-state index >= 15 is 0 Å². The highest BCUT2D eigenvalue weighted by atomic mass is 35.5. The zero-order chi connectivity index (χ0) is 20.2. The summed E-state index contributed by atoms with van der Waals surface area (Å²) in [6.07, 6.45) is 1.86. The van der Waals surface area contributed by atoms with Crippen molar-refractivity contribution in [1.29, 1.82) is 0 Å². The number of H-pyrrole nitrogens is 1. The molecule has 0 aliphatic rings. The second-order valence-electron chi connectivity index (χ2n) is 7.46. The number of imidazole rings is 1. The normalized spacial score (nSPS) is 11.3. The maximum Gasteiger partial charge on any atom is 0.108 e. The number of halogens is 1. The van der Waals surface area contributed by atoms with Crippen molar-refractivity contribution in [2.24, 2.45) is 0 Å². The second kappa shape index (κ2) is 8.81. The van der Waals surface area contributed by atoms with Crippen molar-refractivity contribution < 1.29 is 0 Å². The van der Waals surface area contributed by atoms with Gasteiger partial charge in [-0.2, -0.15) is 0 Å². The van der Waals surface area contributed by atoms with E-state index in [4.69, 9.17) is 11.6 Å². The van der Waals surface area contributed by atoms with Gasteiger partial charge in [-0.05, 0) is 53.8 Å². The summed E-state index contributed by atoms with van der Waals surface area (Å²) in [4.78, 5) is 8.07. The first-order valence-corrected chi connectivity index (χ1v) is 10.5. The van der Waals surface area contributed by atoms with Gasteiger partial charge >= 0.3 is 0 Å². The lowest BCUT2D eigenvalue weighted by molar-refractivity contribution is 0.675. The Hall–Kier alpha value is -2.62. The van der Waals surface area contributed by atoms with Gasteiger partial charge in [0.2, 0.25) is 0 Å². The van der Waals surface area contributed by atoms with E-state index in [9.17, 15) is 0 Å². The van der Waals surface area contributed by atoms with Crippen LogP contribution in [-0.4, -0.2) is 16.5 Å². The number of nitrogens with one attached hydrogen (secondary N) is 2. The van der Waals surface area contributed by atoms with Crippen LogP contribution in [0.1, 0.15) is 29.4 Å². The summed E-state index contributed by atoms with van der Waals surface area (Å²) in [5.74, 6) is 1.02. The van der Waals surface area contributed by atoms with E-state index in [0.29, 0.717) is 0 Å². The van der Waals surface area contributed by atoms with E-state index in [0.717, 1.165) is 53.4 Å². The van der Waals surface area contributed by atoms with Crippen LogP contribution in [0.4, 0.5) is 0 Å². The Balaban J connectivity index is 1.37. The maximum absolute atomic E-state index is 6.62. The SMILES string of the molecule is CCc1ccccc1-c1ccc(CNCCc2nc3ccc(C)cc3[nH]2)cc1Cl. The van der Waals surface area contributed by atoms with Gasteiger partial charge in [0.15, 0.2) is 0 Å². The van der Waals surface area contributed by atoms with E-state index in [2.05, 4.69) is 89.8 Å². The number of hydrogen-bond acceptors (Lipinski definition) is 2. The number of rotatable bonds is 7. The zero-order valence-corrected chi connectivity index (χ0v) is 17.7. The molecule has 0 saturated carbocycles. The lowest BCUT2D eigenvalue weighted by Gasteiger charge is -2.11. The molecule has 0 bridgehead atoms. The molecule has 0 saturated heterocycles. The molecule has 3 aromatic carbocycles. The summed E-state index contributed by atoms with van der Waals surface area (Å²) < 4.78 is 0. The highest BCUT2D eigenvalue weighted by Gasteiger charge is 2.08. The molecule has 1 heterocycles. The third kappa shape index (κ3) is 4.52. The van der Waals surface area contributed by atoms with Crippen molar-refractivity contribution in [3.63, 3.8) is 0 Å². The molecule has 29 heavy (non-hydrogen) atoms. The van der Waals surface area contributed by atoms with Gasteiger partial charge in [-0.15, -0.1) is 0 Å². The van der Waals surface area contributed by atoms with Crippen molar-refractivity contribution in [3.8, 4) is 11.1 Å². The molecule has 0 aliphatic heterocycles. The lowest BCUT2D eigenvalue weighted by atomic mass is 9.97. The molecule has 0 amide bonds. The molecule has 4 aromatic rings. The van der Waals surface area contributed by atoms with E-state index in [-0.39, 0.29) is 0 Å². The van der Waals surface area contributed by atoms with Gasteiger partial charge in [0.05, 0.1) is 11.0 Å². The van der Waals surface area contributed by atoms with Crippen LogP contribution < -0.4 is 5.32 Å². The monoisotopic (exact) mass is 403 g/mol. The van der Waals surface area contributed by atoms with Crippen LogP contribution in [0.2, 0.25) is 5.02 Å². The number of benzene rings is 3. The van der Waals surface area contributed by atoms with Gasteiger partial charge in [-0.3, -0.25) is 0 Å². The van der Waals surface area contributed by atoms with E-state index in [1.165, 1.54) is 22.3 Å². The highest BCUT2D eigenvalue weighted by molar-refractivity contribution is 6.33. The summed E-state index contributed by atoms with van der Waals surface area (Å²) >= 11 is 6.62. The van der Waals surface area contributed by atoms with Crippen molar-refractivity contribution in [3.05, 3.63) is 88.2 Å². The van der Waals surface area contributed by atoms with Crippen LogP contribution in [0, 0.1) is 6.92 Å². The van der Waals surface area contributed by atoms with Crippen LogP contribution in [0.5, 0.6) is 0 Å². The molecule has 3 nitrogen and oxygen atoms in total. The fourth-order valence-corrected chi connectivity index (χ4v) is 4.02. The third-order valence-corrected chi connectivity index (χ3v) is 5.59. The fraction of sp³-hybridized carbons (Fsp3) is 0.240. The number of aryl methyl sites for hydroxylation is 2. The van der Waals surface area contributed by atoms with Crippen molar-refractivity contribution in [2.75, 3.05) is 6.54 Å². The molecule has 4 heteroatoms. The van der Waals surface area contributed by atoms with E-state index in [1.807, 2.05) is 0 Å². The summed E-state index contributed by atoms with van der Waals surface area (Å²) in [5.41, 5.74) is 8.21. The summed E-state index contributed by atoms with van der Waals surface area (Å²) in [7, 11) is 0. The molecule has 1 aromatic heterocycles. The predicted octanol–water partition coefficient (Wildman–Crippen LogP) is 6.09. The van der Waals surface area contributed by atoms with Gasteiger partial charge in [0, 0.05) is 30.1 Å². The molecule has 0 fully saturated rings. The van der Waals surface area contributed by atoms with Crippen LogP contribution in [0.25, 0.3) is 22.2 Å². The topological polar surface area (TPSA) is 40.7 Å². The zero-order valence-electron chi connectivity index (χ0n) is 16.9. The number of hydrogen-bond donors (Lipinski definition) is 2. The molecule has 0 atom stereocenters. The van der Waals surface area contributed by atoms with Crippen molar-refractivity contribution >= 4 is 22.6 Å². The summed E-state index contributed by atoms with van der Waals surface area (Å²) in [5, 5.41) is 4.30. The Morgan fingerprint density at radius 2 is 1.86 bits per heavy atom. The minimum Gasteiger partial charge on any atom is -0.342 e. The van der Waals surface area contributed by atoms with Crippen molar-refractivity contribution in [1.82, 2.24) is 15.3 Å². The Kier molecular flexibility index (Phi) is 5.98. The van der Waals surface area contributed by atoms with E-state index in [1.54, 1.807) is 0 Å². The molecule has 0 unspecified atom stereocenters. The Bertz CT molecular complexity index is 1130. The van der Waals surface area contributed by atoms with E-state index < -0.39 is 0 Å². The molecular formula is C25H26ClN3. The molecular weight excluding hydrogens is 378 g/mol. The first-order chi connectivity index (χ1) is 14.1. The Labute approximate surface area is 177 Å². The first kappa shape index (κ1) is 19.7. The van der Waals surface area contributed by atoms with Gasteiger partial charge in [0.1, 0.15) is 5.82 Å². The molecule has 0 spiro atoms. The number of aromatic amines is 1. The maximum atomic E-state index is 6.62. The van der Waals surface area contributed by atoms with Gasteiger partial charge < -0.3 is 10.3 Å². The standard InChI is InChI=1S/C25H26ClN3/c1-3-19-6-4-5-7-20(19)21-10-9-18(15-22(21)26)16-27-13-12-25-28-23-11-8-17(2)14-24(23)29-25/h4-11,14-15,27H,3,12-13,16H2,1-2H3,(H,28,29). The fourth-order valence-electron chi connectivity index (χ4n) is 3.71. The average molecular weight is 404 g/mol. The van der Waals surface area contributed by atoms with Crippen LogP contribution in [0.15, 0.2) is 60.7 Å². The average Bonchev–Trinajstić information content (AvgIpc) is 3.13. The molecule has 4 rings (SSSR count). The molecule has 2 N–H and O–H groups in total. The van der Waals surface area contributed by atoms with Gasteiger partial charge in [-0.1, -0.05) is 61.0 Å². The Morgan fingerprint density at radius 3 is 2.69 bits per heavy atom. The lowest BCUT2D eigenvalue weighted by Crippen LogP contribution is -2.17. The molecule has 0 radical (unpaired) electrons. The minimum atomic E-state index is 0.786. The van der Waals surface area contributed by atoms with Crippen LogP contribution in [-0.2, 0) is 19.4 Å². The smallest absolute Gasteiger partial charge is 0.108 e. The predicted molar refractivity (Wildman–Crippen MR) is 123 cm³/mol. The highest BCUT2D eigenvalue weighted by Crippen LogP contribution is 2.31. The molecule has 148 valence electrons. The van der Waals surface area contributed by atoms with Gasteiger partial charge in [0.25, 0.3) is 0 Å².